The maximum Gasteiger partial charge on any atom is 0.352 e. The van der Waals surface area contributed by atoms with Gasteiger partial charge in [-0.25, -0.2) is 4.79 Å². The summed E-state index contributed by atoms with van der Waals surface area (Å²) in [6, 6.07) is 7.69. The number of nitrogens with one attached hydrogen (secondary N) is 1. The van der Waals surface area contributed by atoms with Crippen LogP contribution >= 0.6 is 0 Å². The summed E-state index contributed by atoms with van der Waals surface area (Å²) in [4.78, 5) is 13.7. The molecule has 0 aliphatic rings. The Labute approximate surface area is 89.4 Å². The molecule has 1 radical (unpaired) electrons. The van der Waals surface area contributed by atoms with E-state index in [0.717, 1.165) is 10.9 Å². The van der Waals surface area contributed by atoms with Gasteiger partial charge in [-0.2, -0.15) is 0 Å². The molecule has 0 atom stereocenters. The highest BCUT2D eigenvalue weighted by atomic mass is 28.3. The molecule has 15 heavy (non-hydrogen) atoms. The Kier molecular flexibility index (Phi) is 2.36. The molecule has 0 amide bonds. The predicted octanol–water partition coefficient (Wildman–Crippen LogP) is 1.83. The van der Waals surface area contributed by atoms with Crippen LogP contribution in [0.5, 0.6) is 0 Å². The SMILES string of the molecule is C[Si](C)c1cccc2[nH]c(C(=O)O)cc12. The van der Waals surface area contributed by atoms with Crippen molar-refractivity contribution in [2.75, 3.05) is 0 Å². The molecule has 2 N–H and O–H groups in total. The highest BCUT2D eigenvalue weighted by Gasteiger charge is 2.11. The molecule has 4 heteroatoms. The zero-order valence-electron chi connectivity index (χ0n) is 8.66. The number of rotatable bonds is 2. The summed E-state index contributed by atoms with van der Waals surface area (Å²) in [6.45, 7) is 4.40. The first-order chi connectivity index (χ1) is 7.09. The third kappa shape index (κ3) is 1.68. The average molecular weight is 218 g/mol. The lowest BCUT2D eigenvalue weighted by Gasteiger charge is -2.04. The first-order valence-corrected chi connectivity index (χ1v) is 7.25. The molecule has 1 aromatic heterocycles. The molecule has 1 heterocycles. The molecule has 0 bridgehead atoms. The van der Waals surface area contributed by atoms with Crippen molar-refractivity contribution < 1.29 is 9.90 Å². The van der Waals surface area contributed by atoms with Crippen LogP contribution in [0.15, 0.2) is 24.3 Å². The number of carboxylic acids is 1. The molecular weight excluding hydrogens is 206 g/mol. The third-order valence-electron chi connectivity index (χ3n) is 2.43. The number of hydrogen-bond acceptors (Lipinski definition) is 1. The van der Waals surface area contributed by atoms with Crippen molar-refractivity contribution in [3.63, 3.8) is 0 Å². The summed E-state index contributed by atoms with van der Waals surface area (Å²) < 4.78 is 0. The van der Waals surface area contributed by atoms with Gasteiger partial charge in [-0.1, -0.05) is 30.4 Å². The average Bonchev–Trinajstić information content (AvgIpc) is 2.60. The van der Waals surface area contributed by atoms with Crippen LogP contribution < -0.4 is 5.19 Å². The van der Waals surface area contributed by atoms with Gasteiger partial charge in [0.1, 0.15) is 5.69 Å². The number of carbonyl (C=O) groups is 1. The molecule has 77 valence electrons. The normalized spacial score (nSPS) is 11.1. The van der Waals surface area contributed by atoms with E-state index in [-0.39, 0.29) is 5.69 Å². The van der Waals surface area contributed by atoms with E-state index in [4.69, 9.17) is 5.11 Å². The van der Waals surface area contributed by atoms with Gasteiger partial charge in [0.25, 0.3) is 0 Å². The third-order valence-corrected chi connectivity index (χ3v) is 3.95. The Bertz CT molecular complexity index is 516. The van der Waals surface area contributed by atoms with E-state index >= 15 is 0 Å². The highest BCUT2D eigenvalue weighted by molar-refractivity contribution is 6.73. The van der Waals surface area contributed by atoms with Gasteiger partial charge in [0.15, 0.2) is 0 Å². The highest BCUT2D eigenvalue weighted by Crippen LogP contribution is 2.14. The molecule has 0 saturated heterocycles. The first kappa shape index (κ1) is 9.98. The van der Waals surface area contributed by atoms with Crippen molar-refractivity contribution in [3.8, 4) is 0 Å². The molecule has 0 spiro atoms. The zero-order valence-corrected chi connectivity index (χ0v) is 9.66. The van der Waals surface area contributed by atoms with Gasteiger partial charge in [-0.05, 0) is 17.5 Å². The van der Waals surface area contributed by atoms with Crippen molar-refractivity contribution in [1.29, 1.82) is 0 Å². The second kappa shape index (κ2) is 3.55. The van der Waals surface area contributed by atoms with Crippen LogP contribution in [-0.2, 0) is 0 Å². The number of hydrogen-bond donors (Lipinski definition) is 2. The monoisotopic (exact) mass is 218 g/mol. The van der Waals surface area contributed by atoms with Crippen molar-refractivity contribution in [2.45, 2.75) is 13.1 Å². The number of benzene rings is 1. The molecule has 2 rings (SSSR count). The fraction of sp³-hybridized carbons (Fsp3) is 0.182. The van der Waals surface area contributed by atoms with Gasteiger partial charge < -0.3 is 10.1 Å². The Morgan fingerprint density at radius 1 is 1.40 bits per heavy atom. The van der Waals surface area contributed by atoms with Gasteiger partial charge in [-0.3, -0.25) is 0 Å². The summed E-state index contributed by atoms with van der Waals surface area (Å²) >= 11 is 0. The molecule has 0 saturated carbocycles. The van der Waals surface area contributed by atoms with E-state index in [1.54, 1.807) is 6.07 Å². The molecule has 1 aromatic carbocycles. The van der Waals surface area contributed by atoms with Crippen LogP contribution in [0.3, 0.4) is 0 Å². The Morgan fingerprint density at radius 2 is 2.13 bits per heavy atom. The summed E-state index contributed by atoms with van der Waals surface area (Å²) in [7, 11) is -0.562. The second-order valence-electron chi connectivity index (χ2n) is 3.75. The van der Waals surface area contributed by atoms with Crippen LogP contribution in [0.25, 0.3) is 10.9 Å². The molecule has 0 unspecified atom stereocenters. The number of aromatic carboxylic acids is 1. The fourth-order valence-electron chi connectivity index (χ4n) is 1.71. The Balaban J connectivity index is 2.69. The van der Waals surface area contributed by atoms with Gasteiger partial charge in [0.2, 0.25) is 0 Å². The standard InChI is InChI=1S/C11H12NO2Si/c1-15(2)10-5-3-4-8-7(10)6-9(12-8)11(13)14/h3-6,12H,1-2H3,(H,13,14). The lowest BCUT2D eigenvalue weighted by atomic mass is 10.2. The molecule has 0 aliphatic carbocycles. The van der Waals surface area contributed by atoms with E-state index in [9.17, 15) is 4.79 Å². The fourth-order valence-corrected chi connectivity index (χ4v) is 2.88. The number of H-pyrrole nitrogens is 1. The number of carboxylic acid groups (broad SMARTS) is 1. The van der Waals surface area contributed by atoms with E-state index in [0.29, 0.717) is 0 Å². The van der Waals surface area contributed by atoms with E-state index < -0.39 is 14.8 Å². The van der Waals surface area contributed by atoms with Crippen molar-refractivity contribution in [3.05, 3.63) is 30.0 Å². The number of aromatic amines is 1. The smallest absolute Gasteiger partial charge is 0.352 e. The van der Waals surface area contributed by atoms with Gasteiger partial charge >= 0.3 is 5.97 Å². The largest absolute Gasteiger partial charge is 0.477 e. The lowest BCUT2D eigenvalue weighted by molar-refractivity contribution is 0.0691. The minimum atomic E-state index is -0.905. The van der Waals surface area contributed by atoms with E-state index in [1.165, 1.54) is 5.19 Å². The predicted molar refractivity (Wildman–Crippen MR) is 62.4 cm³/mol. The summed E-state index contributed by atoms with van der Waals surface area (Å²) in [6.07, 6.45) is 0. The minimum Gasteiger partial charge on any atom is -0.477 e. The van der Waals surface area contributed by atoms with Crippen molar-refractivity contribution >= 4 is 30.9 Å². The Morgan fingerprint density at radius 3 is 2.73 bits per heavy atom. The van der Waals surface area contributed by atoms with E-state index in [2.05, 4.69) is 24.1 Å². The van der Waals surface area contributed by atoms with Gasteiger partial charge in [-0.15, -0.1) is 0 Å². The maximum absolute atomic E-state index is 10.8. The van der Waals surface area contributed by atoms with Gasteiger partial charge in [0, 0.05) is 5.52 Å². The van der Waals surface area contributed by atoms with E-state index in [1.807, 2.05) is 12.1 Å². The van der Waals surface area contributed by atoms with Crippen LogP contribution in [0.1, 0.15) is 10.5 Å². The lowest BCUT2D eigenvalue weighted by Crippen LogP contribution is -2.22. The quantitative estimate of drug-likeness (QED) is 0.755. The Hall–Kier alpha value is -1.55. The maximum atomic E-state index is 10.8. The molecular formula is C11H12NO2Si. The van der Waals surface area contributed by atoms with Crippen LogP contribution in [0, 0.1) is 0 Å². The molecule has 0 aliphatic heterocycles. The van der Waals surface area contributed by atoms with Crippen LogP contribution in [0.4, 0.5) is 0 Å². The van der Waals surface area contributed by atoms with Crippen molar-refractivity contribution in [2.24, 2.45) is 0 Å². The van der Waals surface area contributed by atoms with Crippen LogP contribution in [-0.4, -0.2) is 24.9 Å². The first-order valence-electron chi connectivity index (χ1n) is 4.75. The zero-order chi connectivity index (χ0) is 11.0. The van der Waals surface area contributed by atoms with Gasteiger partial charge in [0.05, 0.1) is 8.80 Å². The second-order valence-corrected chi connectivity index (χ2v) is 6.29. The molecule has 2 aromatic rings. The molecule has 0 fully saturated rings. The minimum absolute atomic E-state index is 0.265. The number of aromatic nitrogens is 1. The summed E-state index contributed by atoms with van der Waals surface area (Å²) in [5.74, 6) is -0.905. The van der Waals surface area contributed by atoms with Crippen molar-refractivity contribution in [1.82, 2.24) is 4.98 Å². The molecule has 3 nitrogen and oxygen atoms in total. The topological polar surface area (TPSA) is 53.1 Å². The van der Waals surface area contributed by atoms with Crippen LogP contribution in [0.2, 0.25) is 13.1 Å². The summed E-state index contributed by atoms with van der Waals surface area (Å²) in [5, 5.41) is 11.2. The number of fused-ring (bicyclic) bond motifs is 1. The summed E-state index contributed by atoms with van der Waals surface area (Å²) in [5.41, 5.74) is 1.18.